The molecule has 1 amide bonds. The van der Waals surface area contributed by atoms with Crippen molar-refractivity contribution in [1.82, 2.24) is 9.88 Å². The smallest absolute Gasteiger partial charge is 0.254 e. The molecule has 1 fully saturated rings. The van der Waals surface area contributed by atoms with Gasteiger partial charge in [-0.25, -0.2) is 0 Å². The summed E-state index contributed by atoms with van der Waals surface area (Å²) in [5.74, 6) is 0.116. The fourth-order valence-electron chi connectivity index (χ4n) is 3.11. The lowest BCUT2D eigenvalue weighted by atomic mass is 10.1. The Bertz CT molecular complexity index is 718. The van der Waals surface area contributed by atoms with E-state index in [1.807, 2.05) is 17.9 Å². The molecule has 4 heteroatoms. The molecule has 1 aliphatic rings. The van der Waals surface area contributed by atoms with E-state index in [1.54, 1.807) is 12.4 Å². The Kier molecular flexibility index (Phi) is 4.33. The van der Waals surface area contributed by atoms with Crippen molar-refractivity contribution in [1.29, 1.82) is 0 Å². The van der Waals surface area contributed by atoms with Crippen LogP contribution in [0.3, 0.4) is 0 Å². The third-order valence-corrected chi connectivity index (χ3v) is 4.73. The van der Waals surface area contributed by atoms with E-state index in [1.165, 1.54) is 16.8 Å². The summed E-state index contributed by atoms with van der Waals surface area (Å²) in [5, 5.41) is 0. The van der Waals surface area contributed by atoms with Gasteiger partial charge in [0.25, 0.3) is 5.91 Å². The van der Waals surface area contributed by atoms with Gasteiger partial charge < -0.3 is 9.80 Å². The second-order valence-electron chi connectivity index (χ2n) is 6.19. The molecular weight excluding hydrogens is 286 g/mol. The Morgan fingerprint density at radius 2 is 1.74 bits per heavy atom. The van der Waals surface area contributed by atoms with Crippen molar-refractivity contribution < 1.29 is 4.79 Å². The molecule has 0 saturated carbocycles. The second kappa shape index (κ2) is 6.41. The normalized spacial score (nSPS) is 14.9. The first-order valence-electron chi connectivity index (χ1n) is 8.09. The van der Waals surface area contributed by atoms with Crippen molar-refractivity contribution in [2.75, 3.05) is 31.1 Å². The predicted octanol–water partition coefficient (Wildman–Crippen LogP) is 2.97. The van der Waals surface area contributed by atoms with Gasteiger partial charge in [-0.2, -0.15) is 0 Å². The summed E-state index contributed by atoms with van der Waals surface area (Å²) in [6, 6.07) is 8.24. The largest absolute Gasteiger partial charge is 0.368 e. The minimum Gasteiger partial charge on any atom is -0.368 e. The lowest BCUT2D eigenvalue weighted by molar-refractivity contribution is 0.0746. The first-order chi connectivity index (χ1) is 11.1. The summed E-state index contributed by atoms with van der Waals surface area (Å²) in [7, 11) is 0. The molecule has 3 rings (SSSR count). The van der Waals surface area contributed by atoms with E-state index in [0.29, 0.717) is 0 Å². The molecule has 0 bridgehead atoms. The van der Waals surface area contributed by atoms with Gasteiger partial charge in [-0.05, 0) is 49.6 Å². The summed E-state index contributed by atoms with van der Waals surface area (Å²) >= 11 is 0. The standard InChI is InChI=1S/C19H23N3O/c1-14-5-4-6-18(16(14)3)21-9-11-22(12-10-21)19(23)17-7-8-20-13-15(17)2/h4-8,13H,9-12H2,1-3H3. The van der Waals surface area contributed by atoms with Crippen LogP contribution in [0, 0.1) is 20.8 Å². The van der Waals surface area contributed by atoms with Gasteiger partial charge in [-0.3, -0.25) is 9.78 Å². The van der Waals surface area contributed by atoms with Gasteiger partial charge in [0.15, 0.2) is 0 Å². The number of benzene rings is 1. The zero-order valence-electron chi connectivity index (χ0n) is 14.0. The van der Waals surface area contributed by atoms with Crippen molar-refractivity contribution in [2.24, 2.45) is 0 Å². The van der Waals surface area contributed by atoms with Gasteiger partial charge in [0, 0.05) is 49.8 Å². The highest BCUT2D eigenvalue weighted by Gasteiger charge is 2.23. The number of amides is 1. The molecule has 120 valence electrons. The van der Waals surface area contributed by atoms with Crippen molar-refractivity contribution in [2.45, 2.75) is 20.8 Å². The first kappa shape index (κ1) is 15.5. The summed E-state index contributed by atoms with van der Waals surface area (Å²) in [4.78, 5) is 21.1. The number of aryl methyl sites for hydroxylation is 2. The molecule has 1 saturated heterocycles. The Morgan fingerprint density at radius 1 is 1.00 bits per heavy atom. The number of piperazine rings is 1. The lowest BCUT2D eigenvalue weighted by Crippen LogP contribution is -2.49. The van der Waals surface area contributed by atoms with E-state index in [0.717, 1.165) is 37.3 Å². The van der Waals surface area contributed by atoms with E-state index in [-0.39, 0.29) is 5.91 Å². The first-order valence-corrected chi connectivity index (χ1v) is 8.09. The highest BCUT2D eigenvalue weighted by Crippen LogP contribution is 2.24. The topological polar surface area (TPSA) is 36.4 Å². The van der Waals surface area contributed by atoms with Crippen molar-refractivity contribution in [3.63, 3.8) is 0 Å². The van der Waals surface area contributed by atoms with Crippen LogP contribution in [0.1, 0.15) is 27.0 Å². The highest BCUT2D eigenvalue weighted by atomic mass is 16.2. The number of carbonyl (C=O) groups is 1. The SMILES string of the molecule is Cc1cnccc1C(=O)N1CCN(c2cccc(C)c2C)CC1. The summed E-state index contributed by atoms with van der Waals surface area (Å²) in [6.45, 7) is 9.52. The van der Waals surface area contributed by atoms with E-state index < -0.39 is 0 Å². The highest BCUT2D eigenvalue weighted by molar-refractivity contribution is 5.95. The molecule has 1 aromatic carbocycles. The fraction of sp³-hybridized carbons (Fsp3) is 0.368. The lowest BCUT2D eigenvalue weighted by Gasteiger charge is -2.37. The summed E-state index contributed by atoms with van der Waals surface area (Å²) in [5.41, 5.74) is 5.64. The maximum absolute atomic E-state index is 12.7. The molecule has 1 aromatic heterocycles. The molecule has 1 aliphatic heterocycles. The molecular formula is C19H23N3O. The van der Waals surface area contributed by atoms with Crippen molar-refractivity contribution >= 4 is 11.6 Å². The van der Waals surface area contributed by atoms with Gasteiger partial charge in [0.05, 0.1) is 0 Å². The van der Waals surface area contributed by atoms with Gasteiger partial charge in [0.1, 0.15) is 0 Å². The molecule has 0 atom stereocenters. The Labute approximate surface area is 137 Å². The third kappa shape index (κ3) is 3.07. The number of hydrogen-bond donors (Lipinski definition) is 0. The quantitative estimate of drug-likeness (QED) is 0.856. The van der Waals surface area contributed by atoms with Crippen LogP contribution in [0.25, 0.3) is 0 Å². The minimum atomic E-state index is 0.116. The van der Waals surface area contributed by atoms with Gasteiger partial charge in [0.2, 0.25) is 0 Å². The van der Waals surface area contributed by atoms with Crippen LogP contribution in [-0.4, -0.2) is 42.0 Å². The molecule has 2 heterocycles. The maximum atomic E-state index is 12.7. The van der Waals surface area contributed by atoms with Crippen LogP contribution in [0.2, 0.25) is 0 Å². The number of nitrogens with zero attached hydrogens (tertiary/aromatic N) is 3. The van der Waals surface area contributed by atoms with E-state index in [4.69, 9.17) is 0 Å². The molecule has 0 radical (unpaired) electrons. The maximum Gasteiger partial charge on any atom is 0.254 e. The molecule has 4 nitrogen and oxygen atoms in total. The molecule has 2 aromatic rings. The van der Waals surface area contributed by atoms with E-state index in [9.17, 15) is 4.79 Å². The van der Waals surface area contributed by atoms with Crippen LogP contribution in [-0.2, 0) is 0 Å². The van der Waals surface area contributed by atoms with E-state index in [2.05, 4.69) is 41.9 Å². The number of pyridine rings is 1. The monoisotopic (exact) mass is 309 g/mol. The van der Waals surface area contributed by atoms with Crippen molar-refractivity contribution in [3.8, 4) is 0 Å². The molecule has 0 spiro atoms. The van der Waals surface area contributed by atoms with Gasteiger partial charge in [-0.15, -0.1) is 0 Å². The zero-order valence-corrected chi connectivity index (χ0v) is 14.0. The van der Waals surface area contributed by atoms with Crippen LogP contribution < -0.4 is 4.90 Å². The second-order valence-corrected chi connectivity index (χ2v) is 6.19. The zero-order chi connectivity index (χ0) is 16.4. The third-order valence-electron chi connectivity index (χ3n) is 4.73. The average molecular weight is 309 g/mol. The number of hydrogen-bond acceptors (Lipinski definition) is 3. The molecule has 0 N–H and O–H groups in total. The summed E-state index contributed by atoms with van der Waals surface area (Å²) < 4.78 is 0. The number of anilines is 1. The number of carbonyl (C=O) groups excluding carboxylic acids is 1. The Balaban J connectivity index is 1.70. The minimum absolute atomic E-state index is 0.116. The summed E-state index contributed by atoms with van der Waals surface area (Å²) in [6.07, 6.45) is 3.44. The van der Waals surface area contributed by atoms with Gasteiger partial charge in [-0.1, -0.05) is 12.1 Å². The molecule has 0 unspecified atom stereocenters. The van der Waals surface area contributed by atoms with Crippen molar-refractivity contribution in [3.05, 3.63) is 58.9 Å². The number of rotatable bonds is 2. The molecule has 23 heavy (non-hydrogen) atoms. The van der Waals surface area contributed by atoms with Crippen LogP contribution in [0.5, 0.6) is 0 Å². The molecule has 0 aliphatic carbocycles. The fourth-order valence-corrected chi connectivity index (χ4v) is 3.11. The predicted molar refractivity (Wildman–Crippen MR) is 93.0 cm³/mol. The number of aromatic nitrogens is 1. The van der Waals surface area contributed by atoms with Gasteiger partial charge >= 0.3 is 0 Å². The van der Waals surface area contributed by atoms with E-state index >= 15 is 0 Å². The Morgan fingerprint density at radius 3 is 2.43 bits per heavy atom. The van der Waals surface area contributed by atoms with Crippen LogP contribution >= 0.6 is 0 Å². The van der Waals surface area contributed by atoms with Crippen LogP contribution in [0.15, 0.2) is 36.7 Å². The Hall–Kier alpha value is -2.36. The van der Waals surface area contributed by atoms with Crippen LogP contribution in [0.4, 0.5) is 5.69 Å². The average Bonchev–Trinajstić information content (AvgIpc) is 2.57.